The SMILES string of the molecule is Nc1nc(-c2cc(F)ccc2F)c2[nH]cnc2n1. The summed E-state index contributed by atoms with van der Waals surface area (Å²) < 4.78 is 26.9. The van der Waals surface area contributed by atoms with Crippen molar-refractivity contribution in [2.45, 2.75) is 0 Å². The molecule has 0 amide bonds. The Balaban J connectivity index is 2.37. The van der Waals surface area contributed by atoms with Crippen molar-refractivity contribution in [3.63, 3.8) is 0 Å². The first-order valence-corrected chi connectivity index (χ1v) is 5.07. The van der Waals surface area contributed by atoms with Crippen molar-refractivity contribution in [2.75, 3.05) is 5.73 Å². The number of anilines is 1. The van der Waals surface area contributed by atoms with Gasteiger partial charge in [-0.1, -0.05) is 0 Å². The molecule has 0 saturated carbocycles. The number of nitrogens with two attached hydrogens (primary N) is 1. The summed E-state index contributed by atoms with van der Waals surface area (Å²) in [6, 6.07) is 3.12. The molecule has 7 heteroatoms. The Labute approximate surface area is 99.7 Å². The third-order valence-corrected chi connectivity index (χ3v) is 2.49. The zero-order chi connectivity index (χ0) is 12.7. The number of halogens is 2. The second kappa shape index (κ2) is 3.73. The van der Waals surface area contributed by atoms with Crippen LogP contribution < -0.4 is 5.73 Å². The second-order valence-electron chi connectivity index (χ2n) is 3.66. The van der Waals surface area contributed by atoms with Gasteiger partial charge >= 0.3 is 0 Å². The molecule has 0 bridgehead atoms. The zero-order valence-corrected chi connectivity index (χ0v) is 8.98. The van der Waals surface area contributed by atoms with Gasteiger partial charge in [-0.2, -0.15) is 4.98 Å². The largest absolute Gasteiger partial charge is 0.368 e. The smallest absolute Gasteiger partial charge is 0.222 e. The number of hydrogen-bond donors (Lipinski definition) is 2. The third kappa shape index (κ3) is 1.56. The summed E-state index contributed by atoms with van der Waals surface area (Å²) in [7, 11) is 0. The Kier molecular flexibility index (Phi) is 2.19. The van der Waals surface area contributed by atoms with Gasteiger partial charge in [-0.05, 0) is 18.2 Å². The Hall–Kier alpha value is -2.57. The van der Waals surface area contributed by atoms with E-state index in [0.717, 1.165) is 18.2 Å². The quantitative estimate of drug-likeness (QED) is 0.688. The van der Waals surface area contributed by atoms with E-state index in [1.165, 1.54) is 6.33 Å². The topological polar surface area (TPSA) is 80.5 Å². The maximum atomic E-state index is 13.7. The van der Waals surface area contributed by atoms with Crippen molar-refractivity contribution in [1.29, 1.82) is 0 Å². The molecule has 0 saturated heterocycles. The van der Waals surface area contributed by atoms with Gasteiger partial charge in [-0.25, -0.2) is 18.7 Å². The van der Waals surface area contributed by atoms with Crippen LogP contribution in [0.1, 0.15) is 0 Å². The maximum Gasteiger partial charge on any atom is 0.222 e. The number of aromatic amines is 1. The van der Waals surface area contributed by atoms with E-state index in [1.54, 1.807) is 0 Å². The standard InChI is InChI=1S/C11H7F2N5/c12-5-1-2-7(13)6(3-5)8-9-10(16-4-15-9)18-11(14)17-8/h1-4H,(H3,14,15,16,17,18). The molecular formula is C11H7F2N5. The predicted molar refractivity (Wildman–Crippen MR) is 61.4 cm³/mol. The zero-order valence-electron chi connectivity index (χ0n) is 8.98. The summed E-state index contributed by atoms with van der Waals surface area (Å²) in [4.78, 5) is 14.5. The van der Waals surface area contributed by atoms with E-state index in [0.29, 0.717) is 11.2 Å². The molecule has 2 heterocycles. The number of nitrogens with one attached hydrogen (secondary N) is 1. The van der Waals surface area contributed by atoms with Crippen LogP contribution in [0.4, 0.5) is 14.7 Å². The first-order chi connectivity index (χ1) is 8.65. The fourth-order valence-corrected chi connectivity index (χ4v) is 1.72. The molecule has 0 aliphatic carbocycles. The molecule has 18 heavy (non-hydrogen) atoms. The summed E-state index contributed by atoms with van der Waals surface area (Å²) in [6.45, 7) is 0. The van der Waals surface area contributed by atoms with Crippen molar-refractivity contribution < 1.29 is 8.78 Å². The van der Waals surface area contributed by atoms with Crippen LogP contribution in [0.5, 0.6) is 0 Å². The summed E-state index contributed by atoms with van der Waals surface area (Å²) in [5.41, 5.74) is 6.43. The van der Waals surface area contributed by atoms with E-state index in [9.17, 15) is 8.78 Å². The molecule has 0 radical (unpaired) electrons. The number of H-pyrrole nitrogens is 1. The Bertz CT molecular complexity index is 737. The van der Waals surface area contributed by atoms with Crippen LogP contribution in [0.3, 0.4) is 0 Å². The van der Waals surface area contributed by atoms with Crippen LogP contribution in [0.2, 0.25) is 0 Å². The number of nitrogen functional groups attached to an aromatic ring is 1. The Morgan fingerprint density at radius 3 is 2.83 bits per heavy atom. The molecule has 5 nitrogen and oxygen atoms in total. The van der Waals surface area contributed by atoms with Gasteiger partial charge in [-0.3, -0.25) is 0 Å². The van der Waals surface area contributed by atoms with Crippen molar-refractivity contribution >= 4 is 17.1 Å². The Morgan fingerprint density at radius 1 is 1.17 bits per heavy atom. The fourth-order valence-electron chi connectivity index (χ4n) is 1.72. The average Bonchev–Trinajstić information content (AvgIpc) is 2.79. The molecule has 2 aromatic heterocycles. The van der Waals surface area contributed by atoms with E-state index >= 15 is 0 Å². The van der Waals surface area contributed by atoms with Crippen LogP contribution in [-0.4, -0.2) is 19.9 Å². The number of hydrogen-bond acceptors (Lipinski definition) is 4. The van der Waals surface area contributed by atoms with Gasteiger partial charge in [0.25, 0.3) is 0 Å². The Morgan fingerprint density at radius 2 is 2.00 bits per heavy atom. The number of nitrogens with zero attached hydrogens (tertiary/aromatic N) is 3. The molecule has 0 fully saturated rings. The van der Waals surface area contributed by atoms with E-state index in [2.05, 4.69) is 19.9 Å². The van der Waals surface area contributed by atoms with Crippen LogP contribution >= 0.6 is 0 Å². The predicted octanol–water partition coefficient (Wildman–Crippen LogP) is 1.88. The lowest BCUT2D eigenvalue weighted by molar-refractivity contribution is 0.603. The second-order valence-corrected chi connectivity index (χ2v) is 3.66. The molecule has 0 aliphatic rings. The van der Waals surface area contributed by atoms with Gasteiger partial charge < -0.3 is 10.7 Å². The highest BCUT2D eigenvalue weighted by Gasteiger charge is 2.14. The highest BCUT2D eigenvalue weighted by molar-refractivity contribution is 5.87. The van der Waals surface area contributed by atoms with Gasteiger partial charge in [0, 0.05) is 5.56 Å². The lowest BCUT2D eigenvalue weighted by Gasteiger charge is -2.04. The minimum Gasteiger partial charge on any atom is -0.368 e. The number of benzene rings is 1. The van der Waals surface area contributed by atoms with Crippen LogP contribution in [0.15, 0.2) is 24.5 Å². The first-order valence-electron chi connectivity index (χ1n) is 5.07. The lowest BCUT2D eigenvalue weighted by atomic mass is 10.1. The first kappa shape index (κ1) is 10.6. The number of aromatic nitrogens is 4. The summed E-state index contributed by atoms with van der Waals surface area (Å²) >= 11 is 0. The third-order valence-electron chi connectivity index (χ3n) is 2.49. The average molecular weight is 247 g/mol. The fraction of sp³-hybridized carbons (Fsp3) is 0. The molecule has 0 atom stereocenters. The molecule has 90 valence electrons. The molecule has 3 rings (SSSR count). The van der Waals surface area contributed by atoms with Crippen molar-refractivity contribution in [3.8, 4) is 11.3 Å². The normalized spacial score (nSPS) is 11.0. The van der Waals surface area contributed by atoms with Gasteiger partial charge in [0.15, 0.2) is 5.65 Å². The number of imidazole rings is 1. The minimum atomic E-state index is -0.592. The molecular weight excluding hydrogens is 240 g/mol. The highest BCUT2D eigenvalue weighted by atomic mass is 19.1. The van der Waals surface area contributed by atoms with E-state index in [1.807, 2.05) is 0 Å². The summed E-state index contributed by atoms with van der Waals surface area (Å²) in [5, 5.41) is 0. The van der Waals surface area contributed by atoms with E-state index in [4.69, 9.17) is 5.73 Å². The highest BCUT2D eigenvalue weighted by Crippen LogP contribution is 2.27. The van der Waals surface area contributed by atoms with Gasteiger partial charge in [-0.15, -0.1) is 0 Å². The van der Waals surface area contributed by atoms with Crippen LogP contribution in [-0.2, 0) is 0 Å². The van der Waals surface area contributed by atoms with Crippen molar-refractivity contribution in [3.05, 3.63) is 36.2 Å². The minimum absolute atomic E-state index is 0.0124. The van der Waals surface area contributed by atoms with Gasteiger partial charge in [0.05, 0.1) is 6.33 Å². The van der Waals surface area contributed by atoms with Crippen LogP contribution in [0, 0.1) is 11.6 Å². The maximum absolute atomic E-state index is 13.7. The van der Waals surface area contributed by atoms with Crippen molar-refractivity contribution in [1.82, 2.24) is 19.9 Å². The molecule has 0 unspecified atom stereocenters. The van der Waals surface area contributed by atoms with Crippen molar-refractivity contribution in [2.24, 2.45) is 0 Å². The molecule has 0 aliphatic heterocycles. The molecule has 3 aromatic rings. The van der Waals surface area contributed by atoms with E-state index < -0.39 is 11.6 Å². The molecule has 3 N–H and O–H groups in total. The summed E-state index contributed by atoms with van der Waals surface area (Å²) in [6.07, 6.45) is 1.39. The monoisotopic (exact) mass is 247 g/mol. The van der Waals surface area contributed by atoms with Gasteiger partial charge in [0.2, 0.25) is 5.95 Å². The lowest BCUT2D eigenvalue weighted by Crippen LogP contribution is -1.99. The molecule has 1 aromatic carbocycles. The number of rotatable bonds is 1. The van der Waals surface area contributed by atoms with Crippen LogP contribution in [0.25, 0.3) is 22.4 Å². The van der Waals surface area contributed by atoms with E-state index in [-0.39, 0.29) is 17.2 Å². The molecule has 0 spiro atoms. The van der Waals surface area contributed by atoms with Gasteiger partial charge in [0.1, 0.15) is 22.8 Å². The number of fused-ring (bicyclic) bond motifs is 1. The summed E-state index contributed by atoms with van der Waals surface area (Å²) in [5.74, 6) is -1.20.